The quantitative estimate of drug-likeness (QED) is 0.822. The predicted molar refractivity (Wildman–Crippen MR) is 78.4 cm³/mol. The number of aliphatic carboxylic acids is 1. The van der Waals surface area contributed by atoms with Crippen LogP contribution in [0, 0.1) is 5.92 Å². The Morgan fingerprint density at radius 3 is 2.42 bits per heavy atom. The molecule has 0 fully saturated rings. The third-order valence-corrected chi connectivity index (χ3v) is 3.79. The molecule has 1 aromatic carbocycles. The molecule has 0 radical (unpaired) electrons. The highest BCUT2D eigenvalue weighted by molar-refractivity contribution is 5.81. The second-order valence-electron chi connectivity index (χ2n) is 5.71. The Morgan fingerprint density at radius 2 is 1.95 bits per heavy atom. The third kappa shape index (κ3) is 4.06. The number of likely N-dealkylation sites (N-methyl/N-ethyl adjacent to an activating group) is 1. The molecule has 3 heteroatoms. The van der Waals surface area contributed by atoms with Crippen molar-refractivity contribution in [1.82, 2.24) is 4.90 Å². The molecule has 0 amide bonds. The van der Waals surface area contributed by atoms with Gasteiger partial charge in [-0.25, -0.2) is 0 Å². The Hall–Kier alpha value is -1.35. The maximum absolute atomic E-state index is 11.7. The summed E-state index contributed by atoms with van der Waals surface area (Å²) < 4.78 is 0. The molecular formula is C16H25NO2. The van der Waals surface area contributed by atoms with Crippen molar-refractivity contribution in [2.75, 3.05) is 20.1 Å². The van der Waals surface area contributed by atoms with Gasteiger partial charge in [-0.1, -0.05) is 50.6 Å². The summed E-state index contributed by atoms with van der Waals surface area (Å²) in [7, 11) is 2.00. The van der Waals surface area contributed by atoms with Gasteiger partial charge in [0, 0.05) is 13.1 Å². The highest BCUT2D eigenvalue weighted by Gasteiger charge is 2.36. The van der Waals surface area contributed by atoms with Gasteiger partial charge in [-0.2, -0.15) is 0 Å². The molecule has 0 aliphatic heterocycles. The molecule has 1 rings (SSSR count). The first kappa shape index (κ1) is 15.7. The molecule has 0 saturated carbocycles. The number of rotatable bonds is 7. The minimum atomic E-state index is -0.858. The molecule has 2 unspecified atom stereocenters. The van der Waals surface area contributed by atoms with E-state index in [1.807, 2.05) is 37.4 Å². The monoisotopic (exact) mass is 263 g/mol. The zero-order valence-electron chi connectivity index (χ0n) is 12.4. The first-order chi connectivity index (χ1) is 8.90. The molecule has 0 spiro atoms. The molecule has 0 saturated heterocycles. The number of carboxylic acid groups (broad SMARTS) is 1. The molecule has 1 N–H and O–H groups in total. The van der Waals surface area contributed by atoms with Gasteiger partial charge in [0.15, 0.2) is 0 Å². The van der Waals surface area contributed by atoms with Crippen LogP contribution in [0.5, 0.6) is 0 Å². The molecule has 106 valence electrons. The van der Waals surface area contributed by atoms with Crippen molar-refractivity contribution >= 4 is 5.97 Å². The lowest BCUT2D eigenvalue weighted by Crippen LogP contribution is -2.44. The lowest BCUT2D eigenvalue weighted by Gasteiger charge is -2.31. The topological polar surface area (TPSA) is 40.5 Å². The van der Waals surface area contributed by atoms with Crippen LogP contribution >= 0.6 is 0 Å². The van der Waals surface area contributed by atoms with Gasteiger partial charge in [-0.3, -0.25) is 4.79 Å². The van der Waals surface area contributed by atoms with Gasteiger partial charge in [0.05, 0.1) is 0 Å². The number of benzene rings is 1. The SMILES string of the molecule is CCC(C)CN(C)CC(C)(C(=O)O)c1ccccc1. The van der Waals surface area contributed by atoms with Crippen LogP contribution in [0.25, 0.3) is 0 Å². The van der Waals surface area contributed by atoms with Crippen molar-refractivity contribution in [3.63, 3.8) is 0 Å². The molecule has 19 heavy (non-hydrogen) atoms. The number of hydrogen-bond donors (Lipinski definition) is 1. The summed E-state index contributed by atoms with van der Waals surface area (Å²) in [6.45, 7) is 7.60. The summed E-state index contributed by atoms with van der Waals surface area (Å²) in [6, 6.07) is 9.49. The van der Waals surface area contributed by atoms with Gasteiger partial charge in [-0.05, 0) is 25.5 Å². The second kappa shape index (κ2) is 6.71. The Bertz CT molecular complexity index is 404. The van der Waals surface area contributed by atoms with Crippen molar-refractivity contribution in [2.45, 2.75) is 32.6 Å². The molecule has 0 aromatic heterocycles. The number of hydrogen-bond acceptors (Lipinski definition) is 2. The number of carbonyl (C=O) groups is 1. The Kier molecular flexibility index (Phi) is 5.55. The molecule has 0 aliphatic carbocycles. The van der Waals surface area contributed by atoms with Gasteiger partial charge in [0.25, 0.3) is 0 Å². The van der Waals surface area contributed by atoms with Gasteiger partial charge in [0.2, 0.25) is 0 Å². The van der Waals surface area contributed by atoms with E-state index in [1.165, 1.54) is 0 Å². The molecule has 1 aromatic rings. The van der Waals surface area contributed by atoms with Gasteiger partial charge < -0.3 is 10.0 Å². The average molecular weight is 263 g/mol. The first-order valence-electron chi connectivity index (χ1n) is 6.87. The van der Waals surface area contributed by atoms with Crippen LogP contribution < -0.4 is 0 Å². The summed E-state index contributed by atoms with van der Waals surface area (Å²) in [5, 5.41) is 9.60. The van der Waals surface area contributed by atoms with Crippen LogP contribution in [-0.2, 0) is 10.2 Å². The van der Waals surface area contributed by atoms with E-state index in [4.69, 9.17) is 0 Å². The van der Waals surface area contributed by atoms with Crippen LogP contribution in [0.1, 0.15) is 32.8 Å². The fourth-order valence-corrected chi connectivity index (χ4v) is 2.35. The van der Waals surface area contributed by atoms with Crippen LogP contribution in [0.3, 0.4) is 0 Å². The van der Waals surface area contributed by atoms with Crippen molar-refractivity contribution in [2.24, 2.45) is 5.92 Å². The van der Waals surface area contributed by atoms with Crippen molar-refractivity contribution in [1.29, 1.82) is 0 Å². The lowest BCUT2D eigenvalue weighted by atomic mass is 9.82. The van der Waals surface area contributed by atoms with E-state index in [2.05, 4.69) is 18.7 Å². The minimum absolute atomic E-state index is 0.524. The van der Waals surface area contributed by atoms with E-state index in [-0.39, 0.29) is 0 Å². The largest absolute Gasteiger partial charge is 0.481 e. The molecule has 2 atom stereocenters. The van der Waals surface area contributed by atoms with Crippen LogP contribution in [0.15, 0.2) is 30.3 Å². The van der Waals surface area contributed by atoms with E-state index in [0.717, 1.165) is 18.5 Å². The standard InChI is InChI=1S/C16H25NO2/c1-5-13(2)11-17(4)12-16(3,15(18)19)14-9-7-6-8-10-14/h6-10,13H,5,11-12H2,1-4H3,(H,18,19). The van der Waals surface area contributed by atoms with Crippen molar-refractivity contribution in [3.05, 3.63) is 35.9 Å². The third-order valence-electron chi connectivity index (χ3n) is 3.79. The van der Waals surface area contributed by atoms with Crippen LogP contribution in [0.2, 0.25) is 0 Å². The summed E-state index contributed by atoms with van der Waals surface area (Å²) >= 11 is 0. The molecule has 0 heterocycles. The maximum Gasteiger partial charge on any atom is 0.315 e. The Labute approximate surface area is 116 Å². The minimum Gasteiger partial charge on any atom is -0.481 e. The van der Waals surface area contributed by atoms with E-state index in [0.29, 0.717) is 12.5 Å². The first-order valence-corrected chi connectivity index (χ1v) is 6.87. The van der Waals surface area contributed by atoms with E-state index in [1.54, 1.807) is 6.92 Å². The van der Waals surface area contributed by atoms with E-state index >= 15 is 0 Å². The Balaban J connectivity index is 2.87. The lowest BCUT2D eigenvalue weighted by molar-refractivity contribution is -0.144. The van der Waals surface area contributed by atoms with Crippen LogP contribution in [-0.4, -0.2) is 36.1 Å². The van der Waals surface area contributed by atoms with Crippen molar-refractivity contribution in [3.8, 4) is 0 Å². The normalized spacial score (nSPS) is 16.1. The highest BCUT2D eigenvalue weighted by Crippen LogP contribution is 2.25. The zero-order valence-corrected chi connectivity index (χ0v) is 12.4. The summed E-state index contributed by atoms with van der Waals surface area (Å²) in [4.78, 5) is 13.8. The number of carboxylic acids is 1. The van der Waals surface area contributed by atoms with Gasteiger partial charge in [-0.15, -0.1) is 0 Å². The average Bonchev–Trinajstić information content (AvgIpc) is 2.39. The Morgan fingerprint density at radius 1 is 1.37 bits per heavy atom. The number of nitrogens with zero attached hydrogens (tertiary/aromatic N) is 1. The molecule has 0 aliphatic rings. The van der Waals surface area contributed by atoms with Gasteiger partial charge >= 0.3 is 5.97 Å². The summed E-state index contributed by atoms with van der Waals surface area (Å²) in [6.07, 6.45) is 1.11. The summed E-state index contributed by atoms with van der Waals surface area (Å²) in [5.41, 5.74) is 0.00206. The van der Waals surface area contributed by atoms with Crippen LogP contribution in [0.4, 0.5) is 0 Å². The molecule has 0 bridgehead atoms. The van der Waals surface area contributed by atoms with Gasteiger partial charge in [0.1, 0.15) is 5.41 Å². The fraction of sp³-hybridized carbons (Fsp3) is 0.562. The smallest absolute Gasteiger partial charge is 0.315 e. The second-order valence-corrected chi connectivity index (χ2v) is 5.71. The van der Waals surface area contributed by atoms with E-state index < -0.39 is 11.4 Å². The molecular weight excluding hydrogens is 238 g/mol. The molecule has 3 nitrogen and oxygen atoms in total. The predicted octanol–water partition coefficient (Wildman–Crippen LogP) is 3.01. The summed E-state index contributed by atoms with van der Waals surface area (Å²) in [5.74, 6) is -0.187. The fourth-order valence-electron chi connectivity index (χ4n) is 2.35. The zero-order chi connectivity index (χ0) is 14.5. The van der Waals surface area contributed by atoms with Crippen molar-refractivity contribution < 1.29 is 9.90 Å². The maximum atomic E-state index is 11.7. The van der Waals surface area contributed by atoms with E-state index in [9.17, 15) is 9.90 Å². The highest BCUT2D eigenvalue weighted by atomic mass is 16.4.